The van der Waals surface area contributed by atoms with Gasteiger partial charge in [0, 0.05) is 16.5 Å². The zero-order valence-corrected chi connectivity index (χ0v) is 14.9. The molecule has 0 unspecified atom stereocenters. The Hall–Kier alpha value is -2.61. The zero-order valence-electron chi connectivity index (χ0n) is 13.3. The molecule has 8 heteroatoms. The Bertz CT molecular complexity index is 932. The SMILES string of the molecule is NC(=O)c1ccc(-n2nc(C(F)(F)F)cc2-c2ccc(CBr)cc2)cc1. The molecule has 0 atom stereocenters. The van der Waals surface area contributed by atoms with Gasteiger partial charge in [0.1, 0.15) is 0 Å². The third-order valence-corrected chi connectivity index (χ3v) is 4.45. The van der Waals surface area contributed by atoms with Crippen LogP contribution in [0.3, 0.4) is 0 Å². The molecule has 1 heterocycles. The lowest BCUT2D eigenvalue weighted by molar-refractivity contribution is -0.141. The van der Waals surface area contributed by atoms with E-state index in [1.807, 2.05) is 12.1 Å². The van der Waals surface area contributed by atoms with E-state index in [0.29, 0.717) is 22.3 Å². The summed E-state index contributed by atoms with van der Waals surface area (Å²) in [6.07, 6.45) is -4.57. The first-order valence-corrected chi connectivity index (χ1v) is 8.64. The number of alkyl halides is 4. The Morgan fingerprint density at radius 3 is 2.19 bits per heavy atom. The van der Waals surface area contributed by atoms with Crippen molar-refractivity contribution in [3.05, 3.63) is 71.4 Å². The molecule has 0 saturated carbocycles. The topological polar surface area (TPSA) is 60.9 Å². The van der Waals surface area contributed by atoms with E-state index in [9.17, 15) is 18.0 Å². The lowest BCUT2D eigenvalue weighted by atomic mass is 10.1. The van der Waals surface area contributed by atoms with Crippen LogP contribution in [-0.4, -0.2) is 15.7 Å². The molecular formula is C18H13BrF3N3O. The van der Waals surface area contributed by atoms with Gasteiger partial charge in [0.05, 0.1) is 11.4 Å². The van der Waals surface area contributed by atoms with E-state index in [0.717, 1.165) is 11.6 Å². The fourth-order valence-electron chi connectivity index (χ4n) is 2.45. The largest absolute Gasteiger partial charge is 0.435 e. The summed E-state index contributed by atoms with van der Waals surface area (Å²) in [7, 11) is 0. The van der Waals surface area contributed by atoms with Gasteiger partial charge in [0.2, 0.25) is 5.91 Å². The average Bonchev–Trinajstić information content (AvgIpc) is 3.07. The molecule has 134 valence electrons. The number of carbonyl (C=O) groups excluding carboxylic acids is 1. The first kappa shape index (κ1) is 18.2. The highest BCUT2D eigenvalue weighted by Crippen LogP contribution is 2.33. The third kappa shape index (κ3) is 3.65. The van der Waals surface area contributed by atoms with Crippen LogP contribution in [0.25, 0.3) is 16.9 Å². The van der Waals surface area contributed by atoms with Gasteiger partial charge in [-0.05, 0) is 35.9 Å². The van der Waals surface area contributed by atoms with Crippen LogP contribution in [0.1, 0.15) is 21.6 Å². The highest BCUT2D eigenvalue weighted by Gasteiger charge is 2.35. The number of nitrogens with two attached hydrogens (primary N) is 1. The number of hydrogen-bond donors (Lipinski definition) is 1. The van der Waals surface area contributed by atoms with Gasteiger partial charge in [-0.15, -0.1) is 0 Å². The summed E-state index contributed by atoms with van der Waals surface area (Å²) in [5.41, 5.74) is 6.76. The van der Waals surface area contributed by atoms with Crippen molar-refractivity contribution in [1.29, 1.82) is 0 Å². The number of hydrogen-bond acceptors (Lipinski definition) is 2. The molecule has 2 aromatic carbocycles. The van der Waals surface area contributed by atoms with E-state index in [2.05, 4.69) is 21.0 Å². The Labute approximate surface area is 155 Å². The van der Waals surface area contributed by atoms with Crippen molar-refractivity contribution in [2.24, 2.45) is 5.73 Å². The van der Waals surface area contributed by atoms with Gasteiger partial charge in [-0.2, -0.15) is 18.3 Å². The standard InChI is InChI=1S/C18H13BrF3N3O/c19-10-11-1-3-12(4-2-11)15-9-16(18(20,21)22)24-25(15)14-7-5-13(6-8-14)17(23)26/h1-9H,10H2,(H2,23,26). The summed E-state index contributed by atoms with van der Waals surface area (Å²) in [6, 6.07) is 14.0. The maximum absolute atomic E-state index is 13.2. The number of halogens is 4. The molecule has 3 aromatic rings. The number of amides is 1. The lowest BCUT2D eigenvalue weighted by Gasteiger charge is -2.09. The second-order valence-electron chi connectivity index (χ2n) is 5.57. The number of primary amides is 1. The van der Waals surface area contributed by atoms with Gasteiger partial charge in [-0.25, -0.2) is 4.68 Å². The summed E-state index contributed by atoms with van der Waals surface area (Å²) in [6.45, 7) is 0. The molecule has 1 amide bonds. The second kappa shape index (κ2) is 6.95. The van der Waals surface area contributed by atoms with Crippen LogP contribution in [0.4, 0.5) is 13.2 Å². The highest BCUT2D eigenvalue weighted by atomic mass is 79.9. The molecule has 0 radical (unpaired) electrons. The van der Waals surface area contributed by atoms with Crippen molar-refractivity contribution < 1.29 is 18.0 Å². The van der Waals surface area contributed by atoms with Crippen LogP contribution in [0, 0.1) is 0 Å². The molecule has 26 heavy (non-hydrogen) atoms. The van der Waals surface area contributed by atoms with Crippen molar-refractivity contribution in [1.82, 2.24) is 9.78 Å². The molecule has 1 aromatic heterocycles. The second-order valence-corrected chi connectivity index (χ2v) is 6.13. The first-order chi connectivity index (χ1) is 12.3. The maximum Gasteiger partial charge on any atom is 0.435 e. The Morgan fingerprint density at radius 1 is 1.08 bits per heavy atom. The Morgan fingerprint density at radius 2 is 1.69 bits per heavy atom. The molecular weight excluding hydrogens is 411 g/mol. The van der Waals surface area contributed by atoms with Crippen molar-refractivity contribution in [3.8, 4) is 16.9 Å². The third-order valence-electron chi connectivity index (χ3n) is 3.80. The number of rotatable bonds is 4. The first-order valence-electron chi connectivity index (χ1n) is 7.52. The minimum atomic E-state index is -4.57. The zero-order chi connectivity index (χ0) is 18.9. The van der Waals surface area contributed by atoms with Gasteiger partial charge in [-0.1, -0.05) is 40.2 Å². The molecule has 0 fully saturated rings. The molecule has 0 aliphatic carbocycles. The summed E-state index contributed by atoms with van der Waals surface area (Å²) in [4.78, 5) is 11.2. The predicted octanol–water partition coefficient (Wildman–Crippen LogP) is 4.55. The van der Waals surface area contributed by atoms with Crippen molar-refractivity contribution in [2.75, 3.05) is 0 Å². The monoisotopic (exact) mass is 423 g/mol. The van der Waals surface area contributed by atoms with E-state index in [-0.39, 0.29) is 5.56 Å². The number of carbonyl (C=O) groups is 1. The highest BCUT2D eigenvalue weighted by molar-refractivity contribution is 9.08. The Kier molecular flexibility index (Phi) is 4.86. The fourth-order valence-corrected chi connectivity index (χ4v) is 2.83. The van der Waals surface area contributed by atoms with Gasteiger partial charge < -0.3 is 5.73 Å². The molecule has 0 aliphatic rings. The minimum Gasteiger partial charge on any atom is -0.366 e. The summed E-state index contributed by atoms with van der Waals surface area (Å²) >= 11 is 3.33. The molecule has 0 aliphatic heterocycles. The van der Waals surface area contributed by atoms with Crippen molar-refractivity contribution in [3.63, 3.8) is 0 Å². The van der Waals surface area contributed by atoms with Crippen molar-refractivity contribution >= 4 is 21.8 Å². The van der Waals surface area contributed by atoms with Gasteiger partial charge in [-0.3, -0.25) is 4.79 Å². The smallest absolute Gasteiger partial charge is 0.366 e. The normalized spacial score (nSPS) is 11.5. The van der Waals surface area contributed by atoms with Gasteiger partial charge in [0.25, 0.3) is 0 Å². The van der Waals surface area contributed by atoms with Crippen LogP contribution >= 0.6 is 15.9 Å². The lowest BCUT2D eigenvalue weighted by Crippen LogP contribution is -2.11. The summed E-state index contributed by atoms with van der Waals surface area (Å²) < 4.78 is 40.7. The number of aromatic nitrogens is 2. The molecule has 0 bridgehead atoms. The molecule has 4 nitrogen and oxygen atoms in total. The molecule has 0 spiro atoms. The minimum absolute atomic E-state index is 0.264. The predicted molar refractivity (Wildman–Crippen MR) is 95.2 cm³/mol. The van der Waals surface area contributed by atoms with E-state index in [1.165, 1.54) is 28.9 Å². The van der Waals surface area contributed by atoms with E-state index >= 15 is 0 Å². The van der Waals surface area contributed by atoms with Crippen molar-refractivity contribution in [2.45, 2.75) is 11.5 Å². The number of nitrogens with zero attached hydrogens (tertiary/aromatic N) is 2. The average molecular weight is 424 g/mol. The summed E-state index contributed by atoms with van der Waals surface area (Å²) in [5, 5.41) is 4.36. The van der Waals surface area contributed by atoms with Crippen LogP contribution in [0.5, 0.6) is 0 Å². The maximum atomic E-state index is 13.2. The molecule has 3 rings (SSSR count). The van der Waals surface area contributed by atoms with E-state index in [1.54, 1.807) is 12.1 Å². The number of benzene rings is 2. The van der Waals surface area contributed by atoms with Gasteiger partial charge in [0.15, 0.2) is 5.69 Å². The van der Waals surface area contributed by atoms with Gasteiger partial charge >= 0.3 is 6.18 Å². The van der Waals surface area contributed by atoms with E-state index < -0.39 is 17.8 Å². The van der Waals surface area contributed by atoms with Crippen LogP contribution in [-0.2, 0) is 11.5 Å². The van der Waals surface area contributed by atoms with E-state index in [4.69, 9.17) is 5.73 Å². The van der Waals surface area contributed by atoms with Crippen LogP contribution in [0.15, 0.2) is 54.6 Å². The summed E-state index contributed by atoms with van der Waals surface area (Å²) in [5.74, 6) is -0.612. The fraction of sp³-hybridized carbons (Fsp3) is 0.111. The Balaban J connectivity index is 2.13. The molecule has 0 saturated heterocycles. The quantitative estimate of drug-likeness (QED) is 0.625. The van der Waals surface area contributed by atoms with Crippen LogP contribution < -0.4 is 5.73 Å². The molecule has 2 N–H and O–H groups in total. The van der Waals surface area contributed by atoms with Crippen LogP contribution in [0.2, 0.25) is 0 Å².